The van der Waals surface area contributed by atoms with Crippen LogP contribution in [0.15, 0.2) is 0 Å². The average Bonchev–Trinajstić information content (AvgIpc) is 2.51. The molecule has 11 heavy (non-hydrogen) atoms. The lowest BCUT2D eigenvalue weighted by molar-refractivity contribution is -0.116. The van der Waals surface area contributed by atoms with Gasteiger partial charge in [-0.3, -0.25) is 4.79 Å². The molecule has 1 rings (SSSR count). The Morgan fingerprint density at radius 2 is 2.27 bits per heavy atom. The average molecular weight is 159 g/mol. The molecule has 0 bridgehead atoms. The van der Waals surface area contributed by atoms with E-state index in [0.29, 0.717) is 0 Å². The lowest BCUT2D eigenvalue weighted by atomic mass is 10.2. The Labute approximate surface area is 62.8 Å². The van der Waals surface area contributed by atoms with E-state index in [1.54, 1.807) is 5.92 Å². The summed E-state index contributed by atoms with van der Waals surface area (Å²) in [6.07, 6.45) is 4.68. The largest absolute Gasteiger partial charge is 0.330 e. The van der Waals surface area contributed by atoms with Crippen LogP contribution in [0.4, 0.5) is 8.78 Å². The molecule has 0 radical (unpaired) electrons. The minimum atomic E-state index is -2.96. The number of halogens is 2. The zero-order valence-corrected chi connectivity index (χ0v) is 5.68. The molecule has 0 amide bonds. The molecule has 2 unspecified atom stereocenters. The lowest BCUT2D eigenvalue weighted by Gasteiger charge is -1.87. The van der Waals surface area contributed by atoms with Crippen molar-refractivity contribution in [1.29, 1.82) is 0 Å². The third-order valence-corrected chi connectivity index (χ3v) is 1.88. The fourth-order valence-corrected chi connectivity index (χ4v) is 1.13. The normalized spacial score (nSPS) is 32.5. The Hall–Kier alpha value is -0.950. The van der Waals surface area contributed by atoms with Gasteiger partial charge in [-0.15, -0.1) is 6.42 Å². The van der Waals surface area contributed by atoms with E-state index >= 15 is 0 Å². The van der Waals surface area contributed by atoms with Crippen molar-refractivity contribution in [3.8, 4) is 12.3 Å². The summed E-state index contributed by atoms with van der Waals surface area (Å²) in [5, 5.41) is 0. The highest BCUT2D eigenvalue weighted by molar-refractivity contribution is 5.99. The third kappa shape index (κ3) is 1.02. The van der Waals surface area contributed by atoms with Crippen molar-refractivity contribution in [2.24, 2.45) is 17.6 Å². The van der Waals surface area contributed by atoms with Crippen molar-refractivity contribution in [1.82, 2.24) is 0 Å². The van der Waals surface area contributed by atoms with Crippen LogP contribution in [0.5, 0.6) is 0 Å². The maximum absolute atomic E-state index is 12.5. The lowest BCUT2D eigenvalue weighted by Crippen LogP contribution is -2.07. The maximum Gasteiger partial charge on any atom is 0.264 e. The molecule has 1 aliphatic carbocycles. The second kappa shape index (κ2) is 2.28. The van der Waals surface area contributed by atoms with Gasteiger partial charge in [0, 0.05) is 6.54 Å². The standard InChI is InChI=1S/C7H7F2NO/c1-2-5(11)6-4(3-10)7(6,8)9/h1,4,6H,3,10H2. The molecule has 2 N–H and O–H groups in total. The molecule has 1 saturated carbocycles. The topological polar surface area (TPSA) is 43.1 Å². The van der Waals surface area contributed by atoms with Gasteiger partial charge in [0.25, 0.3) is 5.92 Å². The van der Waals surface area contributed by atoms with Gasteiger partial charge in [0.1, 0.15) is 5.92 Å². The van der Waals surface area contributed by atoms with Gasteiger partial charge >= 0.3 is 0 Å². The summed E-state index contributed by atoms with van der Waals surface area (Å²) in [5.74, 6) is -4.49. The summed E-state index contributed by atoms with van der Waals surface area (Å²) in [6, 6.07) is 0. The molecule has 60 valence electrons. The first-order valence-corrected chi connectivity index (χ1v) is 3.14. The van der Waals surface area contributed by atoms with E-state index in [1.807, 2.05) is 0 Å². The second-order valence-electron chi connectivity index (χ2n) is 2.50. The molecule has 0 heterocycles. The van der Waals surface area contributed by atoms with Crippen molar-refractivity contribution in [2.75, 3.05) is 6.54 Å². The van der Waals surface area contributed by atoms with Gasteiger partial charge in [-0.2, -0.15) is 0 Å². The number of Topliss-reactive ketones (excluding diaryl/α,β-unsaturated/α-hetero) is 1. The number of nitrogens with two attached hydrogens (primary N) is 1. The van der Waals surface area contributed by atoms with Crippen molar-refractivity contribution in [2.45, 2.75) is 5.92 Å². The van der Waals surface area contributed by atoms with E-state index in [0.717, 1.165) is 0 Å². The summed E-state index contributed by atoms with van der Waals surface area (Å²) in [7, 11) is 0. The van der Waals surface area contributed by atoms with Gasteiger partial charge in [-0.1, -0.05) is 0 Å². The van der Waals surface area contributed by atoms with Gasteiger partial charge in [0.15, 0.2) is 0 Å². The van der Waals surface area contributed by atoms with Crippen LogP contribution in [0.3, 0.4) is 0 Å². The predicted octanol–water partition coefficient (Wildman–Crippen LogP) is 0.0287. The number of hydrogen-bond donors (Lipinski definition) is 1. The highest BCUT2D eigenvalue weighted by Crippen LogP contribution is 2.54. The van der Waals surface area contributed by atoms with E-state index in [2.05, 4.69) is 6.42 Å². The fraction of sp³-hybridized carbons (Fsp3) is 0.571. The number of carbonyl (C=O) groups is 1. The maximum atomic E-state index is 12.5. The van der Waals surface area contributed by atoms with E-state index in [-0.39, 0.29) is 6.54 Å². The molecule has 2 nitrogen and oxygen atoms in total. The first-order chi connectivity index (χ1) is 5.05. The molecule has 0 aliphatic heterocycles. The first kappa shape index (κ1) is 8.15. The fourth-order valence-electron chi connectivity index (χ4n) is 1.13. The highest BCUT2D eigenvalue weighted by Gasteiger charge is 2.70. The van der Waals surface area contributed by atoms with E-state index < -0.39 is 23.5 Å². The highest BCUT2D eigenvalue weighted by atomic mass is 19.3. The molecule has 0 saturated heterocycles. The Morgan fingerprint density at radius 1 is 1.73 bits per heavy atom. The van der Waals surface area contributed by atoms with Gasteiger partial charge in [-0.25, -0.2) is 8.78 Å². The smallest absolute Gasteiger partial charge is 0.264 e. The number of ketones is 1. The molecule has 0 aromatic heterocycles. The minimum absolute atomic E-state index is 0.189. The molecule has 2 atom stereocenters. The summed E-state index contributed by atoms with van der Waals surface area (Å²) >= 11 is 0. The number of rotatable bonds is 2. The van der Waals surface area contributed by atoms with E-state index in [4.69, 9.17) is 5.73 Å². The number of carbonyl (C=O) groups excluding carboxylic acids is 1. The van der Waals surface area contributed by atoms with Gasteiger partial charge in [0.05, 0.1) is 5.92 Å². The molecule has 0 spiro atoms. The Balaban J connectivity index is 2.68. The Kier molecular flexibility index (Phi) is 1.69. The Bertz CT molecular complexity index is 231. The minimum Gasteiger partial charge on any atom is -0.330 e. The predicted molar refractivity (Wildman–Crippen MR) is 34.8 cm³/mol. The summed E-state index contributed by atoms with van der Waals surface area (Å²) in [5.41, 5.74) is 4.99. The van der Waals surface area contributed by atoms with E-state index in [9.17, 15) is 13.6 Å². The number of alkyl halides is 2. The van der Waals surface area contributed by atoms with Crippen molar-refractivity contribution in [3.05, 3.63) is 0 Å². The molecule has 0 aromatic rings. The summed E-state index contributed by atoms with van der Waals surface area (Å²) < 4.78 is 25.0. The molecular weight excluding hydrogens is 152 g/mol. The monoisotopic (exact) mass is 159 g/mol. The van der Waals surface area contributed by atoms with Crippen LogP contribution in [0.2, 0.25) is 0 Å². The summed E-state index contributed by atoms with van der Waals surface area (Å²) in [4.78, 5) is 10.6. The van der Waals surface area contributed by atoms with Crippen molar-refractivity contribution < 1.29 is 13.6 Å². The Morgan fingerprint density at radius 3 is 2.55 bits per heavy atom. The van der Waals surface area contributed by atoms with Crippen LogP contribution >= 0.6 is 0 Å². The molecule has 1 fully saturated rings. The van der Waals surface area contributed by atoms with E-state index in [1.165, 1.54) is 0 Å². The third-order valence-electron chi connectivity index (χ3n) is 1.88. The van der Waals surface area contributed by atoms with Crippen molar-refractivity contribution in [3.63, 3.8) is 0 Å². The van der Waals surface area contributed by atoms with Crippen LogP contribution < -0.4 is 5.73 Å². The van der Waals surface area contributed by atoms with Crippen LogP contribution in [0.25, 0.3) is 0 Å². The van der Waals surface area contributed by atoms with Crippen LogP contribution in [0, 0.1) is 24.2 Å². The summed E-state index contributed by atoms with van der Waals surface area (Å²) in [6.45, 7) is -0.189. The molecule has 0 aromatic carbocycles. The second-order valence-corrected chi connectivity index (χ2v) is 2.50. The molecule has 1 aliphatic rings. The zero-order chi connectivity index (χ0) is 8.65. The zero-order valence-electron chi connectivity index (χ0n) is 5.68. The van der Waals surface area contributed by atoms with Gasteiger partial charge in [-0.05, 0) is 5.92 Å². The number of hydrogen-bond acceptors (Lipinski definition) is 2. The molecule has 4 heteroatoms. The molecular formula is C7H7F2NO. The van der Waals surface area contributed by atoms with Gasteiger partial charge < -0.3 is 5.73 Å². The van der Waals surface area contributed by atoms with Crippen LogP contribution in [-0.4, -0.2) is 18.3 Å². The first-order valence-electron chi connectivity index (χ1n) is 3.14. The van der Waals surface area contributed by atoms with Crippen LogP contribution in [0.1, 0.15) is 0 Å². The van der Waals surface area contributed by atoms with Crippen LogP contribution in [-0.2, 0) is 4.79 Å². The van der Waals surface area contributed by atoms with Gasteiger partial charge in [0.2, 0.25) is 5.78 Å². The number of terminal acetylenes is 1. The van der Waals surface area contributed by atoms with Crippen molar-refractivity contribution >= 4 is 5.78 Å². The SMILES string of the molecule is C#CC(=O)C1C(CN)C1(F)F. The quantitative estimate of drug-likeness (QED) is 0.456.